The van der Waals surface area contributed by atoms with Crippen LogP contribution in [-0.4, -0.2) is 12.0 Å². The van der Waals surface area contributed by atoms with E-state index in [4.69, 9.17) is 14.9 Å². The van der Waals surface area contributed by atoms with Gasteiger partial charge in [0.15, 0.2) is 5.41 Å². The van der Waals surface area contributed by atoms with E-state index in [2.05, 4.69) is 22.0 Å². The van der Waals surface area contributed by atoms with Gasteiger partial charge < -0.3 is 9.47 Å². The van der Waals surface area contributed by atoms with Crippen molar-refractivity contribution >= 4 is 21.8 Å². The molecule has 2 bridgehead atoms. The molecule has 0 aromatic heterocycles. The summed E-state index contributed by atoms with van der Waals surface area (Å²) in [7, 11) is 0. The number of fused-ring (bicyclic) bond motifs is 2. The van der Waals surface area contributed by atoms with E-state index in [-0.39, 0.29) is 0 Å². The van der Waals surface area contributed by atoms with Crippen LogP contribution in [0.25, 0.3) is 0 Å². The van der Waals surface area contributed by atoms with E-state index >= 15 is 0 Å². The summed E-state index contributed by atoms with van der Waals surface area (Å²) in [6.07, 6.45) is 2.21. The summed E-state index contributed by atoms with van der Waals surface area (Å²) in [5.74, 6) is -2.57. The molecule has 3 rings (SSSR count). The van der Waals surface area contributed by atoms with Crippen molar-refractivity contribution in [2.24, 2.45) is 16.7 Å². The molecule has 4 atom stereocenters. The first-order valence-electron chi connectivity index (χ1n) is 7.97. The van der Waals surface area contributed by atoms with Crippen molar-refractivity contribution in [3.8, 4) is 18.2 Å². The maximum Gasteiger partial charge on any atom is 0.244 e. The lowest BCUT2D eigenvalue weighted by Crippen LogP contribution is -2.60. The van der Waals surface area contributed by atoms with Gasteiger partial charge in [0.25, 0.3) is 0 Å². The standard InChI is InChI=1S/C19H15BrN4O2/c1-3-4-15-17(9-21,10-22)18(11-23)12(2)19(25-15,26-16(18)24)13-5-7-14(20)8-6-13/h3-8,12,15,24H,1-2H3. The molecule has 130 valence electrons. The van der Waals surface area contributed by atoms with Crippen LogP contribution in [0.1, 0.15) is 19.4 Å². The number of halogens is 1. The van der Waals surface area contributed by atoms with Crippen LogP contribution in [-0.2, 0) is 15.3 Å². The quantitative estimate of drug-likeness (QED) is 0.745. The minimum Gasteiger partial charge on any atom is -0.443 e. The number of nitrogens with zero attached hydrogens (tertiary/aromatic N) is 3. The van der Waals surface area contributed by atoms with Crippen LogP contribution in [0.15, 0.2) is 40.9 Å². The maximum absolute atomic E-state index is 10.0. The largest absolute Gasteiger partial charge is 0.443 e. The van der Waals surface area contributed by atoms with Crippen molar-refractivity contribution in [3.05, 3.63) is 46.5 Å². The Balaban J connectivity index is 2.33. The zero-order valence-electron chi connectivity index (χ0n) is 14.2. The molecule has 2 aliphatic rings. The molecule has 4 unspecified atom stereocenters. The average molecular weight is 411 g/mol. The van der Waals surface area contributed by atoms with Gasteiger partial charge in [0.2, 0.25) is 17.1 Å². The molecule has 26 heavy (non-hydrogen) atoms. The SMILES string of the molecule is CC=CC1OC2(c3ccc(Br)cc3)OC(=N)C(C#N)(C2C)C1(C#N)C#N. The molecule has 7 heteroatoms. The van der Waals surface area contributed by atoms with E-state index in [1.807, 2.05) is 12.1 Å². The van der Waals surface area contributed by atoms with E-state index in [0.29, 0.717) is 5.56 Å². The smallest absolute Gasteiger partial charge is 0.244 e. The number of nitriles is 3. The van der Waals surface area contributed by atoms with Gasteiger partial charge in [-0.25, -0.2) is 0 Å². The first-order valence-corrected chi connectivity index (χ1v) is 8.76. The molecule has 0 spiro atoms. The van der Waals surface area contributed by atoms with Gasteiger partial charge in [0.05, 0.1) is 24.1 Å². The van der Waals surface area contributed by atoms with Gasteiger partial charge in [-0.05, 0) is 19.1 Å². The first-order chi connectivity index (χ1) is 12.4. The summed E-state index contributed by atoms with van der Waals surface area (Å²) >= 11 is 3.37. The predicted octanol–water partition coefficient (Wildman–Crippen LogP) is 3.76. The highest BCUT2D eigenvalue weighted by Gasteiger charge is 2.79. The lowest BCUT2D eigenvalue weighted by atomic mass is 9.54. The lowest BCUT2D eigenvalue weighted by Gasteiger charge is -2.47. The zero-order chi connectivity index (χ0) is 19.2. The monoisotopic (exact) mass is 410 g/mol. The van der Waals surface area contributed by atoms with Crippen LogP contribution in [0.3, 0.4) is 0 Å². The minimum atomic E-state index is -1.89. The number of ether oxygens (including phenoxy) is 2. The predicted molar refractivity (Wildman–Crippen MR) is 95.2 cm³/mol. The van der Waals surface area contributed by atoms with Crippen molar-refractivity contribution in [1.29, 1.82) is 21.2 Å². The molecule has 1 aromatic rings. The summed E-state index contributed by atoms with van der Waals surface area (Å²) in [5, 5.41) is 38.2. The second kappa shape index (κ2) is 5.95. The third-order valence-electron chi connectivity index (χ3n) is 5.33. The molecule has 2 saturated heterocycles. The summed E-state index contributed by atoms with van der Waals surface area (Å²) in [6.45, 7) is 3.42. The Morgan fingerprint density at radius 1 is 1.15 bits per heavy atom. The third kappa shape index (κ3) is 1.89. The fraction of sp³-hybridized carbons (Fsp3) is 0.368. The van der Waals surface area contributed by atoms with Crippen molar-refractivity contribution in [2.75, 3.05) is 0 Å². The van der Waals surface area contributed by atoms with Crippen molar-refractivity contribution in [2.45, 2.75) is 25.7 Å². The highest BCUT2D eigenvalue weighted by atomic mass is 79.9. The van der Waals surface area contributed by atoms with Gasteiger partial charge in [-0.15, -0.1) is 0 Å². The van der Waals surface area contributed by atoms with Crippen molar-refractivity contribution in [1.82, 2.24) is 0 Å². The number of hydrogen-bond acceptors (Lipinski definition) is 6. The lowest BCUT2D eigenvalue weighted by molar-refractivity contribution is -0.273. The number of hydrogen-bond donors (Lipinski definition) is 1. The fourth-order valence-corrected chi connectivity index (χ4v) is 4.20. The second-order valence-electron chi connectivity index (χ2n) is 6.34. The first kappa shape index (κ1) is 18.1. The average Bonchev–Trinajstić information content (AvgIpc) is 2.80. The summed E-state index contributed by atoms with van der Waals surface area (Å²) in [6, 6.07) is 13.2. The Hall–Kier alpha value is -2.66. The van der Waals surface area contributed by atoms with Crippen LogP contribution in [0.5, 0.6) is 0 Å². The number of nitrogens with one attached hydrogen (secondary N) is 1. The zero-order valence-corrected chi connectivity index (χ0v) is 15.7. The van der Waals surface area contributed by atoms with E-state index < -0.39 is 34.5 Å². The van der Waals surface area contributed by atoms with Gasteiger partial charge in [-0.2, -0.15) is 15.8 Å². The van der Waals surface area contributed by atoms with E-state index in [9.17, 15) is 15.8 Å². The Kier molecular flexibility index (Phi) is 4.15. The molecular weight excluding hydrogens is 396 g/mol. The van der Waals surface area contributed by atoms with Crippen molar-refractivity contribution in [3.63, 3.8) is 0 Å². The van der Waals surface area contributed by atoms with E-state index in [1.54, 1.807) is 50.3 Å². The molecular formula is C19H15BrN4O2. The van der Waals surface area contributed by atoms with Gasteiger partial charge in [-0.1, -0.05) is 47.1 Å². The maximum atomic E-state index is 10.0. The van der Waals surface area contributed by atoms with Crippen LogP contribution < -0.4 is 0 Å². The fourth-order valence-electron chi connectivity index (χ4n) is 3.93. The summed E-state index contributed by atoms with van der Waals surface area (Å²) in [4.78, 5) is 0. The Morgan fingerprint density at radius 3 is 2.27 bits per heavy atom. The van der Waals surface area contributed by atoms with Gasteiger partial charge in [0.1, 0.15) is 6.10 Å². The Morgan fingerprint density at radius 2 is 1.77 bits per heavy atom. The van der Waals surface area contributed by atoms with E-state index in [0.717, 1.165) is 4.47 Å². The number of benzene rings is 1. The van der Waals surface area contributed by atoms with Gasteiger partial charge in [0, 0.05) is 10.0 Å². The molecule has 2 heterocycles. The van der Waals surface area contributed by atoms with Crippen LogP contribution in [0.4, 0.5) is 0 Å². The molecule has 1 N–H and O–H groups in total. The highest BCUT2D eigenvalue weighted by Crippen LogP contribution is 2.65. The number of rotatable bonds is 2. The van der Waals surface area contributed by atoms with Crippen LogP contribution in [0.2, 0.25) is 0 Å². The molecule has 6 nitrogen and oxygen atoms in total. The normalized spacial score (nSPS) is 34.5. The highest BCUT2D eigenvalue weighted by molar-refractivity contribution is 9.10. The number of allylic oxidation sites excluding steroid dienone is 1. The van der Waals surface area contributed by atoms with Crippen LogP contribution >= 0.6 is 15.9 Å². The third-order valence-corrected chi connectivity index (χ3v) is 5.85. The molecule has 0 radical (unpaired) electrons. The Bertz CT molecular complexity index is 907. The van der Waals surface area contributed by atoms with Crippen LogP contribution in [0, 0.1) is 56.2 Å². The second-order valence-corrected chi connectivity index (χ2v) is 7.26. The molecule has 1 aromatic carbocycles. The molecule has 0 amide bonds. The summed E-state index contributed by atoms with van der Waals surface area (Å²) < 4.78 is 12.9. The van der Waals surface area contributed by atoms with Gasteiger partial charge >= 0.3 is 0 Å². The van der Waals surface area contributed by atoms with Gasteiger partial charge in [-0.3, -0.25) is 5.41 Å². The summed E-state index contributed by atoms with van der Waals surface area (Å²) in [5.41, 5.74) is -3.01. The minimum absolute atomic E-state index is 0.412. The molecule has 2 fully saturated rings. The molecule has 0 saturated carbocycles. The Labute approximate surface area is 159 Å². The molecule has 0 aliphatic carbocycles. The van der Waals surface area contributed by atoms with E-state index in [1.165, 1.54) is 0 Å². The topological polar surface area (TPSA) is 114 Å². The van der Waals surface area contributed by atoms with Crippen molar-refractivity contribution < 1.29 is 9.47 Å². The molecule has 2 aliphatic heterocycles.